The molecule has 5 heteroatoms. The number of halogens is 1. The van der Waals surface area contributed by atoms with Crippen LogP contribution < -0.4 is 4.68 Å². The first-order chi connectivity index (χ1) is 9.24. The van der Waals surface area contributed by atoms with Gasteiger partial charge in [0.1, 0.15) is 0 Å². The molecule has 1 aromatic carbocycles. The van der Waals surface area contributed by atoms with Crippen molar-refractivity contribution in [2.24, 2.45) is 7.05 Å². The highest BCUT2D eigenvalue weighted by atomic mass is 79.9. The largest absolute Gasteiger partial charge is 0.216 e. The molecule has 0 aliphatic carbocycles. The van der Waals surface area contributed by atoms with Gasteiger partial charge in [0.05, 0.1) is 18.9 Å². The van der Waals surface area contributed by atoms with Gasteiger partial charge in [-0.25, -0.2) is 4.68 Å². The Morgan fingerprint density at radius 3 is 2.63 bits per heavy atom. The van der Waals surface area contributed by atoms with Crippen LogP contribution in [0.2, 0.25) is 0 Å². The van der Waals surface area contributed by atoms with E-state index in [0.717, 1.165) is 21.5 Å². The van der Waals surface area contributed by atoms with Crippen molar-refractivity contribution < 1.29 is 4.68 Å². The number of rotatable bonds is 2. The summed E-state index contributed by atoms with van der Waals surface area (Å²) < 4.78 is 4.49. The van der Waals surface area contributed by atoms with E-state index in [1.165, 1.54) is 0 Å². The van der Waals surface area contributed by atoms with Crippen LogP contribution in [-0.2, 0) is 7.05 Å². The molecule has 3 aromatic rings. The lowest BCUT2D eigenvalue weighted by Crippen LogP contribution is -2.34. The maximum Gasteiger partial charge on any atom is 0.188 e. The molecule has 0 aliphatic heterocycles. The zero-order chi connectivity index (χ0) is 13.2. The van der Waals surface area contributed by atoms with Crippen molar-refractivity contribution in [3.05, 3.63) is 59.3 Å². The van der Waals surface area contributed by atoms with E-state index in [4.69, 9.17) is 0 Å². The molecule has 0 spiro atoms. The van der Waals surface area contributed by atoms with Gasteiger partial charge in [-0.1, -0.05) is 39.7 Å². The molecular formula is C14H11BrN4. The van der Waals surface area contributed by atoms with Crippen molar-refractivity contribution in [3.63, 3.8) is 0 Å². The molecule has 0 saturated carbocycles. The van der Waals surface area contributed by atoms with Gasteiger partial charge in [-0.3, -0.25) is 0 Å². The highest BCUT2D eigenvalue weighted by Gasteiger charge is 2.07. The Morgan fingerprint density at radius 2 is 1.95 bits per heavy atom. The standard InChI is InChI=1S/C14H11BrN4/c1-18-13(11-5-7-12(15)8-6-11)10-19(17-18)14-4-2-3-9-16-14/h2-9H,1H3. The van der Waals surface area contributed by atoms with Crippen molar-refractivity contribution in [2.45, 2.75) is 0 Å². The lowest BCUT2D eigenvalue weighted by Gasteiger charge is -2.02. The Balaban J connectivity index is 2.05. The minimum atomic E-state index is 0.751. The summed E-state index contributed by atoms with van der Waals surface area (Å²) in [6, 6.07) is 13.8. The average Bonchev–Trinajstić information content (AvgIpc) is 2.83. The van der Waals surface area contributed by atoms with Crippen LogP contribution in [0.1, 0.15) is 0 Å². The van der Waals surface area contributed by atoms with Gasteiger partial charge >= 0.3 is 0 Å². The van der Waals surface area contributed by atoms with E-state index in [1.54, 1.807) is 15.6 Å². The first kappa shape index (κ1) is 12.0. The summed E-state index contributed by atoms with van der Waals surface area (Å²) in [7, 11) is 1.90. The summed E-state index contributed by atoms with van der Waals surface area (Å²) in [4.78, 5) is 4.26. The molecule has 0 fully saturated rings. The van der Waals surface area contributed by atoms with Crippen LogP contribution in [0.4, 0.5) is 0 Å². The predicted octanol–water partition coefficient (Wildman–Crippen LogP) is 2.32. The smallest absolute Gasteiger partial charge is 0.188 e. The Bertz CT molecular complexity index is 689. The number of aromatic nitrogens is 4. The Hall–Kier alpha value is -2.01. The van der Waals surface area contributed by atoms with Gasteiger partial charge in [0, 0.05) is 15.9 Å². The number of nitrogens with zero attached hydrogens (tertiary/aromatic N) is 4. The van der Waals surface area contributed by atoms with E-state index in [0.29, 0.717) is 0 Å². The summed E-state index contributed by atoms with van der Waals surface area (Å²) in [5.41, 5.74) is 1.98. The Kier molecular flexibility index (Phi) is 3.13. The fourth-order valence-corrected chi connectivity index (χ4v) is 2.08. The third-order valence-electron chi connectivity index (χ3n) is 2.74. The van der Waals surface area contributed by atoms with Crippen LogP contribution in [0.15, 0.2) is 53.1 Å². The average molecular weight is 315 g/mol. The van der Waals surface area contributed by atoms with Gasteiger partial charge < -0.3 is 0 Å². The minimum Gasteiger partial charge on any atom is -0.216 e. The van der Waals surface area contributed by atoms with Gasteiger partial charge in [-0.05, 0) is 12.1 Å². The summed E-state index contributed by atoms with van der Waals surface area (Å²) in [6.07, 6.45) is 4.96. The molecule has 3 rings (SSSR count). The van der Waals surface area contributed by atoms with Crippen LogP contribution in [0.3, 0.4) is 0 Å². The fourth-order valence-electron chi connectivity index (χ4n) is 1.82. The predicted molar refractivity (Wildman–Crippen MR) is 74.5 cm³/mol. The zero-order valence-electron chi connectivity index (χ0n) is 10.3. The number of benzene rings is 1. The van der Waals surface area contributed by atoms with E-state index in [1.807, 2.05) is 49.5 Å². The molecule has 0 unspecified atom stereocenters. The van der Waals surface area contributed by atoms with E-state index >= 15 is 0 Å². The van der Waals surface area contributed by atoms with E-state index in [-0.39, 0.29) is 0 Å². The van der Waals surface area contributed by atoms with Gasteiger partial charge in [0.25, 0.3) is 0 Å². The minimum absolute atomic E-state index is 0.751. The lowest BCUT2D eigenvalue weighted by molar-refractivity contribution is -0.668. The zero-order valence-corrected chi connectivity index (χ0v) is 11.9. The van der Waals surface area contributed by atoms with Crippen LogP contribution in [0, 0.1) is 6.20 Å². The molecular weight excluding hydrogens is 304 g/mol. The third-order valence-corrected chi connectivity index (χ3v) is 3.27. The third kappa shape index (κ3) is 2.42. The second-order valence-corrected chi connectivity index (χ2v) is 5.00. The maximum absolute atomic E-state index is 4.38. The summed E-state index contributed by atoms with van der Waals surface area (Å²) >= 11 is 3.43. The second-order valence-electron chi connectivity index (χ2n) is 4.08. The Labute approximate surface area is 119 Å². The van der Waals surface area contributed by atoms with Gasteiger partial charge in [-0.2, -0.15) is 9.67 Å². The topological polar surface area (TPSA) is 34.6 Å². The van der Waals surface area contributed by atoms with Crippen LogP contribution in [-0.4, -0.2) is 14.9 Å². The number of pyridine rings is 1. The first-order valence-electron chi connectivity index (χ1n) is 5.80. The highest BCUT2D eigenvalue weighted by molar-refractivity contribution is 9.10. The molecule has 0 amide bonds. The molecule has 0 radical (unpaired) electrons. The molecule has 4 nitrogen and oxygen atoms in total. The number of aryl methyl sites for hydroxylation is 1. The van der Waals surface area contributed by atoms with E-state index < -0.39 is 0 Å². The van der Waals surface area contributed by atoms with Crippen molar-refractivity contribution >= 4 is 15.9 Å². The quantitative estimate of drug-likeness (QED) is 0.537. The van der Waals surface area contributed by atoms with Crippen LogP contribution in [0.5, 0.6) is 0 Å². The molecule has 94 valence electrons. The normalized spacial score (nSPS) is 10.6. The molecule has 2 aromatic heterocycles. The fraction of sp³-hybridized carbons (Fsp3) is 0.0714. The van der Waals surface area contributed by atoms with Crippen LogP contribution in [0.25, 0.3) is 17.1 Å². The van der Waals surface area contributed by atoms with Crippen molar-refractivity contribution in [1.29, 1.82) is 0 Å². The van der Waals surface area contributed by atoms with Crippen molar-refractivity contribution in [2.75, 3.05) is 0 Å². The Morgan fingerprint density at radius 1 is 1.16 bits per heavy atom. The molecule has 0 aliphatic rings. The molecule has 0 saturated heterocycles. The maximum atomic E-state index is 4.38. The molecule has 19 heavy (non-hydrogen) atoms. The van der Waals surface area contributed by atoms with Gasteiger partial charge in [0.2, 0.25) is 0 Å². The second kappa shape index (κ2) is 4.93. The highest BCUT2D eigenvalue weighted by Crippen LogP contribution is 2.19. The van der Waals surface area contributed by atoms with Crippen LogP contribution >= 0.6 is 15.9 Å². The molecule has 2 heterocycles. The molecule has 0 atom stereocenters. The van der Waals surface area contributed by atoms with Gasteiger partial charge in [0.15, 0.2) is 5.82 Å². The van der Waals surface area contributed by atoms with Crippen molar-refractivity contribution in [3.8, 4) is 17.1 Å². The SMILES string of the molecule is Cn1n[n+](-c2ccccn2)[c-]c1-c1ccc(Br)cc1. The van der Waals surface area contributed by atoms with Crippen molar-refractivity contribution in [1.82, 2.24) is 14.9 Å². The molecule has 0 N–H and O–H groups in total. The summed E-state index contributed by atoms with van der Waals surface area (Å²) in [6.45, 7) is 0. The molecule has 0 bridgehead atoms. The lowest BCUT2D eigenvalue weighted by atomic mass is 10.2. The summed E-state index contributed by atoms with van der Waals surface area (Å²) in [5.74, 6) is 0.751. The van der Waals surface area contributed by atoms with E-state index in [9.17, 15) is 0 Å². The number of hydrogen-bond donors (Lipinski definition) is 0. The van der Waals surface area contributed by atoms with E-state index in [2.05, 4.69) is 32.3 Å². The summed E-state index contributed by atoms with van der Waals surface area (Å²) in [5, 5.41) is 4.38. The monoisotopic (exact) mass is 314 g/mol. The number of hydrogen-bond acceptors (Lipinski definition) is 2. The first-order valence-corrected chi connectivity index (χ1v) is 6.59. The van der Waals surface area contributed by atoms with Gasteiger partial charge in [-0.15, -0.1) is 12.1 Å².